The molecular weight excluding hydrogens is 352 g/mol. The standard InChI is InChI=1S/C19H23ClN4O2/c1-14(19(25)22-15-6-7-17(26-2)16(20)13-15)23-9-11-24(12-10-23)18-5-3-4-8-21-18/h3-8,13-14H,9-12H2,1-2H3,(H,22,25). The van der Waals surface area contributed by atoms with Gasteiger partial charge in [-0.2, -0.15) is 0 Å². The van der Waals surface area contributed by atoms with Gasteiger partial charge in [-0.25, -0.2) is 4.98 Å². The molecule has 2 heterocycles. The molecule has 1 aromatic carbocycles. The molecule has 138 valence electrons. The van der Waals surface area contributed by atoms with E-state index in [1.54, 1.807) is 31.5 Å². The lowest BCUT2D eigenvalue weighted by Gasteiger charge is -2.37. The number of rotatable bonds is 5. The summed E-state index contributed by atoms with van der Waals surface area (Å²) in [5.74, 6) is 1.53. The highest BCUT2D eigenvalue weighted by Crippen LogP contribution is 2.27. The van der Waals surface area contributed by atoms with Crippen LogP contribution in [0.15, 0.2) is 42.6 Å². The largest absolute Gasteiger partial charge is 0.495 e. The van der Waals surface area contributed by atoms with Gasteiger partial charge in [0.15, 0.2) is 0 Å². The van der Waals surface area contributed by atoms with Crippen LogP contribution in [0.2, 0.25) is 5.02 Å². The third-order valence-corrected chi connectivity index (χ3v) is 4.93. The maximum absolute atomic E-state index is 12.6. The van der Waals surface area contributed by atoms with Gasteiger partial charge >= 0.3 is 0 Å². The van der Waals surface area contributed by atoms with Crippen molar-refractivity contribution in [3.63, 3.8) is 0 Å². The van der Waals surface area contributed by atoms with Crippen molar-refractivity contribution in [2.75, 3.05) is 43.5 Å². The normalized spacial score (nSPS) is 16.2. The fourth-order valence-corrected chi connectivity index (χ4v) is 3.29. The molecular formula is C19H23ClN4O2. The number of nitrogens with one attached hydrogen (secondary N) is 1. The SMILES string of the molecule is COc1ccc(NC(=O)C(C)N2CCN(c3ccccn3)CC2)cc1Cl. The van der Waals surface area contributed by atoms with Crippen molar-refractivity contribution in [1.29, 1.82) is 0 Å². The van der Waals surface area contributed by atoms with Crippen LogP contribution < -0.4 is 15.0 Å². The molecule has 1 fully saturated rings. The van der Waals surface area contributed by atoms with Crippen molar-refractivity contribution < 1.29 is 9.53 Å². The summed E-state index contributed by atoms with van der Waals surface area (Å²) in [6.07, 6.45) is 1.80. The molecule has 1 aromatic heterocycles. The lowest BCUT2D eigenvalue weighted by atomic mass is 10.2. The van der Waals surface area contributed by atoms with Crippen molar-refractivity contribution >= 4 is 29.0 Å². The van der Waals surface area contributed by atoms with Crippen LogP contribution in [0.5, 0.6) is 5.75 Å². The number of benzene rings is 1. The number of pyridine rings is 1. The first-order valence-electron chi connectivity index (χ1n) is 8.63. The van der Waals surface area contributed by atoms with Gasteiger partial charge in [0, 0.05) is 38.1 Å². The predicted molar refractivity (Wildman–Crippen MR) is 104 cm³/mol. The average molecular weight is 375 g/mol. The Morgan fingerprint density at radius 2 is 2.00 bits per heavy atom. The van der Waals surface area contributed by atoms with Crippen molar-refractivity contribution in [3.8, 4) is 5.75 Å². The van der Waals surface area contributed by atoms with Crippen molar-refractivity contribution in [2.24, 2.45) is 0 Å². The summed E-state index contributed by atoms with van der Waals surface area (Å²) in [6, 6.07) is 10.9. The first-order chi connectivity index (χ1) is 12.6. The predicted octanol–water partition coefficient (Wildman–Crippen LogP) is 2.89. The molecule has 2 aromatic rings. The monoisotopic (exact) mass is 374 g/mol. The van der Waals surface area contributed by atoms with Gasteiger partial charge in [-0.15, -0.1) is 0 Å². The first kappa shape index (κ1) is 18.5. The molecule has 0 bridgehead atoms. The van der Waals surface area contributed by atoms with E-state index < -0.39 is 0 Å². The smallest absolute Gasteiger partial charge is 0.241 e. The minimum atomic E-state index is -0.221. The van der Waals surface area contributed by atoms with Gasteiger partial charge in [-0.05, 0) is 37.3 Å². The summed E-state index contributed by atoms with van der Waals surface area (Å²) in [5, 5.41) is 3.40. The average Bonchev–Trinajstić information content (AvgIpc) is 2.68. The van der Waals surface area contributed by atoms with Crippen LogP contribution in [0.1, 0.15) is 6.92 Å². The number of hydrogen-bond donors (Lipinski definition) is 1. The number of nitrogens with zero attached hydrogens (tertiary/aromatic N) is 3. The number of hydrogen-bond acceptors (Lipinski definition) is 5. The molecule has 1 aliphatic rings. The molecule has 1 unspecified atom stereocenters. The number of carbonyl (C=O) groups excluding carboxylic acids is 1. The van der Waals surface area contributed by atoms with Gasteiger partial charge in [-0.1, -0.05) is 17.7 Å². The van der Waals surface area contributed by atoms with Crippen LogP contribution >= 0.6 is 11.6 Å². The van der Waals surface area contributed by atoms with E-state index in [1.165, 1.54) is 0 Å². The summed E-state index contributed by atoms with van der Waals surface area (Å²) in [4.78, 5) is 21.4. The van der Waals surface area contributed by atoms with E-state index in [0.717, 1.165) is 32.0 Å². The summed E-state index contributed by atoms with van der Waals surface area (Å²) < 4.78 is 5.13. The van der Waals surface area contributed by atoms with E-state index in [2.05, 4.69) is 20.1 Å². The van der Waals surface area contributed by atoms with Gasteiger partial charge in [-0.3, -0.25) is 9.69 Å². The number of methoxy groups -OCH3 is 1. The van der Waals surface area contributed by atoms with E-state index in [4.69, 9.17) is 16.3 Å². The fraction of sp³-hybridized carbons (Fsp3) is 0.368. The summed E-state index contributed by atoms with van der Waals surface area (Å²) in [5.41, 5.74) is 0.666. The fourth-order valence-electron chi connectivity index (χ4n) is 3.04. The van der Waals surface area contributed by atoms with Crippen LogP contribution in [-0.4, -0.2) is 55.1 Å². The molecule has 7 heteroatoms. The molecule has 6 nitrogen and oxygen atoms in total. The summed E-state index contributed by atoms with van der Waals surface area (Å²) in [7, 11) is 1.56. The highest BCUT2D eigenvalue weighted by Gasteiger charge is 2.26. The number of carbonyl (C=O) groups is 1. The second kappa shape index (κ2) is 8.38. The molecule has 1 atom stereocenters. The van der Waals surface area contributed by atoms with Crippen molar-refractivity contribution in [1.82, 2.24) is 9.88 Å². The maximum atomic E-state index is 12.6. The molecule has 1 N–H and O–H groups in total. The number of anilines is 2. The third kappa shape index (κ3) is 4.26. The summed E-state index contributed by atoms with van der Waals surface area (Å²) in [6.45, 7) is 5.26. The van der Waals surface area contributed by atoms with Gasteiger partial charge in [0.2, 0.25) is 5.91 Å². The Hall–Kier alpha value is -2.31. The third-order valence-electron chi connectivity index (χ3n) is 4.63. The molecule has 1 amide bonds. The quantitative estimate of drug-likeness (QED) is 0.872. The zero-order chi connectivity index (χ0) is 18.5. The van der Waals surface area contributed by atoms with E-state index in [0.29, 0.717) is 16.5 Å². The van der Waals surface area contributed by atoms with E-state index in [9.17, 15) is 4.79 Å². The molecule has 1 saturated heterocycles. The second-order valence-electron chi connectivity index (χ2n) is 6.23. The molecule has 1 aliphatic heterocycles. The van der Waals surface area contributed by atoms with Crippen LogP contribution in [0.4, 0.5) is 11.5 Å². The molecule has 0 aliphatic carbocycles. The van der Waals surface area contributed by atoms with Crippen LogP contribution in [0.25, 0.3) is 0 Å². The lowest BCUT2D eigenvalue weighted by Crippen LogP contribution is -2.53. The van der Waals surface area contributed by atoms with Crippen LogP contribution in [-0.2, 0) is 4.79 Å². The molecule has 0 radical (unpaired) electrons. The Bertz CT molecular complexity index is 748. The number of amides is 1. The van der Waals surface area contributed by atoms with Gasteiger partial charge < -0.3 is 15.0 Å². The molecule has 3 rings (SSSR count). The molecule has 0 spiro atoms. The number of ether oxygens (including phenoxy) is 1. The topological polar surface area (TPSA) is 57.7 Å². The Labute approximate surface area is 158 Å². The Kier molecular flexibility index (Phi) is 5.96. The van der Waals surface area contributed by atoms with Gasteiger partial charge in [0.05, 0.1) is 18.2 Å². The van der Waals surface area contributed by atoms with Gasteiger partial charge in [0.1, 0.15) is 11.6 Å². The first-order valence-corrected chi connectivity index (χ1v) is 9.00. The van der Waals surface area contributed by atoms with Crippen LogP contribution in [0, 0.1) is 0 Å². The Balaban J connectivity index is 1.55. The van der Waals surface area contributed by atoms with Crippen molar-refractivity contribution in [2.45, 2.75) is 13.0 Å². The minimum absolute atomic E-state index is 0.0440. The summed E-state index contributed by atoms with van der Waals surface area (Å²) >= 11 is 6.12. The van der Waals surface area contributed by atoms with Crippen LogP contribution in [0.3, 0.4) is 0 Å². The lowest BCUT2D eigenvalue weighted by molar-refractivity contribution is -0.120. The number of halogens is 1. The van der Waals surface area contributed by atoms with E-state index in [1.807, 2.05) is 25.1 Å². The maximum Gasteiger partial charge on any atom is 0.241 e. The molecule has 0 saturated carbocycles. The number of aromatic nitrogens is 1. The zero-order valence-electron chi connectivity index (χ0n) is 15.0. The van der Waals surface area contributed by atoms with E-state index in [-0.39, 0.29) is 11.9 Å². The highest BCUT2D eigenvalue weighted by atomic mass is 35.5. The Morgan fingerprint density at radius 1 is 1.23 bits per heavy atom. The zero-order valence-corrected chi connectivity index (χ0v) is 15.7. The highest BCUT2D eigenvalue weighted by molar-refractivity contribution is 6.32. The molecule has 26 heavy (non-hydrogen) atoms. The van der Waals surface area contributed by atoms with Gasteiger partial charge in [0.25, 0.3) is 0 Å². The second-order valence-corrected chi connectivity index (χ2v) is 6.63. The Morgan fingerprint density at radius 3 is 2.62 bits per heavy atom. The van der Waals surface area contributed by atoms with E-state index >= 15 is 0 Å². The van der Waals surface area contributed by atoms with Crippen molar-refractivity contribution in [3.05, 3.63) is 47.6 Å². The number of piperazine rings is 1. The minimum Gasteiger partial charge on any atom is -0.495 e.